The Hall–Kier alpha value is -3.54. The Morgan fingerprint density at radius 2 is 1.94 bits per heavy atom. The maximum Gasteiger partial charge on any atom is 0.226 e. The largest absolute Gasteiger partial charge is 0.495 e. The normalized spacial score (nSPS) is 15.1. The molecule has 0 spiro atoms. The van der Waals surface area contributed by atoms with Crippen molar-refractivity contribution < 1.29 is 18.7 Å². The number of nitrogens with one attached hydrogen (secondary N) is 1. The molecule has 1 unspecified atom stereocenters. The summed E-state index contributed by atoms with van der Waals surface area (Å²) in [5.41, 5.74) is 3.63. The van der Waals surface area contributed by atoms with Crippen LogP contribution in [0, 0.1) is 12.7 Å². The molecule has 4 rings (SSSR count). The zero-order valence-corrected chi connectivity index (χ0v) is 17.6. The maximum atomic E-state index is 13.4. The molecule has 3 aromatic rings. The van der Waals surface area contributed by atoms with Gasteiger partial charge < -0.3 is 19.7 Å². The van der Waals surface area contributed by atoms with Gasteiger partial charge in [0.15, 0.2) is 0 Å². The minimum atomic E-state index is -0.269. The summed E-state index contributed by atoms with van der Waals surface area (Å²) < 4.78 is 24.7. The Labute approximate surface area is 181 Å². The Morgan fingerprint density at radius 1 is 1.16 bits per heavy atom. The van der Waals surface area contributed by atoms with Crippen molar-refractivity contribution in [3.63, 3.8) is 0 Å². The van der Waals surface area contributed by atoms with Crippen LogP contribution in [0.5, 0.6) is 11.5 Å². The van der Waals surface area contributed by atoms with Crippen molar-refractivity contribution in [1.82, 2.24) is 0 Å². The molecule has 0 aliphatic carbocycles. The number of carbonyl (C=O) groups is 1. The summed E-state index contributed by atoms with van der Waals surface area (Å²) in [7, 11) is 1.57. The summed E-state index contributed by atoms with van der Waals surface area (Å²) in [6.07, 6.45) is 0.243. The van der Waals surface area contributed by atoms with Crippen LogP contribution in [-0.2, 0) is 11.3 Å². The fourth-order valence-electron chi connectivity index (χ4n) is 3.78. The van der Waals surface area contributed by atoms with Crippen LogP contribution in [0.4, 0.5) is 15.8 Å². The number of amides is 1. The number of anilines is 2. The summed E-state index contributed by atoms with van der Waals surface area (Å²) in [5, 5.41) is 2.94. The number of hydrogen-bond donors (Lipinski definition) is 1. The molecule has 0 bridgehead atoms. The van der Waals surface area contributed by atoms with E-state index in [1.54, 1.807) is 25.3 Å². The van der Waals surface area contributed by atoms with Gasteiger partial charge in [0.1, 0.15) is 23.9 Å². The van der Waals surface area contributed by atoms with Crippen LogP contribution >= 0.6 is 0 Å². The molecule has 1 heterocycles. The lowest BCUT2D eigenvalue weighted by atomic mass is 10.0. The molecule has 1 amide bonds. The monoisotopic (exact) mass is 420 g/mol. The van der Waals surface area contributed by atoms with Gasteiger partial charge in [0.2, 0.25) is 5.91 Å². The van der Waals surface area contributed by atoms with Crippen molar-refractivity contribution in [2.45, 2.75) is 25.9 Å². The van der Waals surface area contributed by atoms with Crippen LogP contribution in [-0.4, -0.2) is 25.7 Å². The third-order valence-corrected chi connectivity index (χ3v) is 5.36. The zero-order chi connectivity index (χ0) is 21.8. The highest BCUT2D eigenvalue weighted by Gasteiger charge is 2.30. The number of rotatable bonds is 6. The average Bonchev–Trinajstić information content (AvgIpc) is 2.77. The molecule has 5 nitrogen and oxygen atoms in total. The number of carbonyl (C=O) groups excluding carboxylic acids is 1. The summed E-state index contributed by atoms with van der Waals surface area (Å²) in [4.78, 5) is 15.0. The number of hydrogen-bond acceptors (Lipinski definition) is 4. The predicted molar refractivity (Wildman–Crippen MR) is 119 cm³/mol. The van der Waals surface area contributed by atoms with Crippen molar-refractivity contribution in [3.05, 3.63) is 83.7 Å². The van der Waals surface area contributed by atoms with Crippen molar-refractivity contribution >= 4 is 17.3 Å². The van der Waals surface area contributed by atoms with Crippen LogP contribution in [0.1, 0.15) is 17.5 Å². The van der Waals surface area contributed by atoms with E-state index in [1.807, 2.05) is 43.3 Å². The second-order valence-corrected chi connectivity index (χ2v) is 7.64. The fourth-order valence-corrected chi connectivity index (χ4v) is 3.78. The molecule has 1 N–H and O–H groups in total. The summed E-state index contributed by atoms with van der Waals surface area (Å²) in [5.74, 6) is 1.01. The molecule has 3 aromatic carbocycles. The van der Waals surface area contributed by atoms with Crippen LogP contribution in [0.15, 0.2) is 66.7 Å². The first-order chi connectivity index (χ1) is 15.0. The summed E-state index contributed by atoms with van der Waals surface area (Å²) in [6, 6.07) is 19.6. The number of halogens is 1. The van der Waals surface area contributed by atoms with Crippen LogP contribution in [0.2, 0.25) is 0 Å². The minimum Gasteiger partial charge on any atom is -0.495 e. The lowest BCUT2D eigenvalue weighted by molar-refractivity contribution is -0.116. The molecular weight excluding hydrogens is 395 g/mol. The molecule has 31 heavy (non-hydrogen) atoms. The van der Waals surface area contributed by atoms with Gasteiger partial charge in [-0.05, 0) is 54.4 Å². The van der Waals surface area contributed by atoms with Gasteiger partial charge in [-0.2, -0.15) is 0 Å². The Balaban J connectivity index is 1.56. The molecule has 6 heteroatoms. The third-order valence-electron chi connectivity index (χ3n) is 5.36. The fraction of sp³-hybridized carbons (Fsp3) is 0.240. The van der Waals surface area contributed by atoms with Crippen molar-refractivity contribution in [2.24, 2.45) is 0 Å². The van der Waals surface area contributed by atoms with Gasteiger partial charge in [0.05, 0.1) is 30.9 Å². The molecule has 0 radical (unpaired) electrons. The lowest BCUT2D eigenvalue weighted by Crippen LogP contribution is -2.44. The first-order valence-electron chi connectivity index (χ1n) is 10.2. The van der Waals surface area contributed by atoms with E-state index in [0.29, 0.717) is 24.6 Å². The van der Waals surface area contributed by atoms with Crippen molar-refractivity contribution in [2.75, 3.05) is 23.9 Å². The van der Waals surface area contributed by atoms with E-state index >= 15 is 0 Å². The number of aryl methyl sites for hydroxylation is 1. The van der Waals surface area contributed by atoms with E-state index in [2.05, 4.69) is 10.2 Å². The van der Waals surface area contributed by atoms with E-state index in [9.17, 15) is 9.18 Å². The first kappa shape index (κ1) is 20.7. The molecule has 0 saturated carbocycles. The molecule has 1 aliphatic rings. The predicted octanol–water partition coefficient (Wildman–Crippen LogP) is 4.94. The topological polar surface area (TPSA) is 50.8 Å². The van der Waals surface area contributed by atoms with E-state index in [0.717, 1.165) is 22.6 Å². The van der Waals surface area contributed by atoms with Gasteiger partial charge >= 0.3 is 0 Å². The van der Waals surface area contributed by atoms with Gasteiger partial charge in [-0.15, -0.1) is 0 Å². The standard InChI is InChI=1S/C25H25FN2O3/c1-17-7-12-22-24(13-17)31-16-20(28(22)15-18-8-10-19(26)11-9-18)14-25(29)27-21-5-3-4-6-23(21)30-2/h3-13,20H,14-16H2,1-2H3,(H,27,29). The Morgan fingerprint density at radius 3 is 2.71 bits per heavy atom. The second kappa shape index (κ2) is 9.08. The average molecular weight is 420 g/mol. The molecule has 1 aliphatic heterocycles. The molecule has 0 saturated heterocycles. The van der Waals surface area contributed by atoms with E-state index < -0.39 is 0 Å². The highest BCUT2D eigenvalue weighted by molar-refractivity contribution is 5.93. The third kappa shape index (κ3) is 4.79. The van der Waals surface area contributed by atoms with E-state index in [-0.39, 0.29) is 24.2 Å². The first-order valence-corrected chi connectivity index (χ1v) is 10.2. The second-order valence-electron chi connectivity index (χ2n) is 7.64. The number of para-hydroxylation sites is 2. The number of methoxy groups -OCH3 is 1. The number of ether oxygens (including phenoxy) is 2. The quantitative estimate of drug-likeness (QED) is 0.614. The van der Waals surface area contributed by atoms with Gasteiger partial charge in [-0.1, -0.05) is 30.3 Å². The van der Waals surface area contributed by atoms with Gasteiger partial charge in [0, 0.05) is 6.54 Å². The van der Waals surface area contributed by atoms with Crippen LogP contribution < -0.4 is 19.7 Å². The van der Waals surface area contributed by atoms with Crippen molar-refractivity contribution in [1.29, 1.82) is 0 Å². The van der Waals surface area contributed by atoms with Crippen LogP contribution in [0.3, 0.4) is 0 Å². The summed E-state index contributed by atoms with van der Waals surface area (Å²) >= 11 is 0. The molecule has 1 atom stereocenters. The van der Waals surface area contributed by atoms with Gasteiger partial charge in [-0.3, -0.25) is 4.79 Å². The van der Waals surface area contributed by atoms with Crippen molar-refractivity contribution in [3.8, 4) is 11.5 Å². The van der Waals surface area contributed by atoms with E-state index in [4.69, 9.17) is 9.47 Å². The highest BCUT2D eigenvalue weighted by Crippen LogP contribution is 2.36. The molecular formula is C25H25FN2O3. The maximum absolute atomic E-state index is 13.4. The van der Waals surface area contributed by atoms with Gasteiger partial charge in [-0.25, -0.2) is 4.39 Å². The zero-order valence-electron chi connectivity index (χ0n) is 17.6. The van der Waals surface area contributed by atoms with Gasteiger partial charge in [0.25, 0.3) is 0 Å². The number of benzene rings is 3. The smallest absolute Gasteiger partial charge is 0.226 e. The Kier molecular flexibility index (Phi) is 6.07. The molecule has 0 aromatic heterocycles. The minimum absolute atomic E-state index is 0.127. The van der Waals surface area contributed by atoms with Crippen LogP contribution in [0.25, 0.3) is 0 Å². The molecule has 160 valence electrons. The summed E-state index contributed by atoms with van der Waals surface area (Å²) in [6.45, 7) is 2.95. The SMILES string of the molecule is COc1ccccc1NC(=O)CC1COc2cc(C)ccc2N1Cc1ccc(F)cc1. The Bertz CT molecular complexity index is 1070. The van der Waals surface area contributed by atoms with E-state index in [1.165, 1.54) is 12.1 Å². The lowest BCUT2D eigenvalue weighted by Gasteiger charge is -2.38. The number of nitrogens with zero attached hydrogens (tertiary/aromatic N) is 1. The number of fused-ring (bicyclic) bond motifs is 1. The highest BCUT2D eigenvalue weighted by atomic mass is 19.1. The molecule has 0 fully saturated rings.